The van der Waals surface area contributed by atoms with Crippen molar-refractivity contribution >= 4 is 23.2 Å². The molecular weight excluding hydrogens is 336 g/mol. The summed E-state index contributed by atoms with van der Waals surface area (Å²) in [6.07, 6.45) is 4.33. The van der Waals surface area contributed by atoms with Gasteiger partial charge in [-0.15, -0.1) is 5.10 Å². The molecule has 0 aliphatic heterocycles. The summed E-state index contributed by atoms with van der Waals surface area (Å²) in [4.78, 5) is 22.5. The zero-order chi connectivity index (χ0) is 17.1. The SMILES string of the molecule is O=C(NCc1nnnn1C1CCCC1)c1ccc(Cl)c([N+](=O)[O-])c1. The Morgan fingerprint density at radius 1 is 1.42 bits per heavy atom. The van der Waals surface area contributed by atoms with E-state index in [0.717, 1.165) is 31.7 Å². The molecule has 24 heavy (non-hydrogen) atoms. The molecule has 0 radical (unpaired) electrons. The van der Waals surface area contributed by atoms with Gasteiger partial charge in [-0.2, -0.15) is 0 Å². The molecule has 2 aromatic rings. The van der Waals surface area contributed by atoms with Gasteiger partial charge in [0, 0.05) is 11.6 Å². The first-order valence-electron chi connectivity index (χ1n) is 7.55. The van der Waals surface area contributed by atoms with Crippen molar-refractivity contribution < 1.29 is 9.72 Å². The lowest BCUT2D eigenvalue weighted by molar-refractivity contribution is -0.384. The van der Waals surface area contributed by atoms with E-state index in [2.05, 4.69) is 20.8 Å². The van der Waals surface area contributed by atoms with Gasteiger partial charge in [-0.05, 0) is 35.4 Å². The van der Waals surface area contributed by atoms with Crippen molar-refractivity contribution in [2.45, 2.75) is 38.3 Å². The average molecular weight is 351 g/mol. The Morgan fingerprint density at radius 3 is 2.88 bits per heavy atom. The summed E-state index contributed by atoms with van der Waals surface area (Å²) in [5, 5.41) is 25.2. The van der Waals surface area contributed by atoms with E-state index < -0.39 is 10.8 Å². The Kier molecular flexibility index (Phi) is 4.70. The molecule has 0 atom stereocenters. The summed E-state index contributed by atoms with van der Waals surface area (Å²) in [5.41, 5.74) is -0.147. The number of hydrogen-bond acceptors (Lipinski definition) is 6. The number of tetrazole rings is 1. The lowest BCUT2D eigenvalue weighted by Crippen LogP contribution is -2.25. The van der Waals surface area contributed by atoms with Crippen LogP contribution in [0, 0.1) is 10.1 Å². The molecule has 126 valence electrons. The van der Waals surface area contributed by atoms with Crippen molar-refractivity contribution in [3.8, 4) is 0 Å². The fourth-order valence-corrected chi connectivity index (χ4v) is 3.00. The number of halogens is 1. The molecule has 1 heterocycles. The highest BCUT2D eigenvalue weighted by atomic mass is 35.5. The third-order valence-electron chi connectivity index (χ3n) is 4.04. The van der Waals surface area contributed by atoms with Crippen LogP contribution in [0.2, 0.25) is 5.02 Å². The summed E-state index contributed by atoms with van der Waals surface area (Å²) in [5.74, 6) is 0.120. The Bertz CT molecular complexity index is 772. The minimum absolute atomic E-state index is 0.0123. The van der Waals surface area contributed by atoms with E-state index in [1.807, 2.05) is 0 Å². The van der Waals surface area contributed by atoms with E-state index >= 15 is 0 Å². The molecule has 1 saturated carbocycles. The fraction of sp³-hybridized carbons (Fsp3) is 0.429. The summed E-state index contributed by atoms with van der Waals surface area (Å²) in [6, 6.07) is 4.18. The van der Waals surface area contributed by atoms with Crippen LogP contribution in [-0.2, 0) is 6.54 Å². The molecule has 1 aromatic heterocycles. The van der Waals surface area contributed by atoms with Crippen molar-refractivity contribution in [2.75, 3.05) is 0 Å². The van der Waals surface area contributed by atoms with E-state index in [1.54, 1.807) is 4.68 Å². The first-order chi connectivity index (χ1) is 11.6. The second-order valence-electron chi connectivity index (χ2n) is 5.58. The van der Waals surface area contributed by atoms with Gasteiger partial charge < -0.3 is 5.32 Å². The topological polar surface area (TPSA) is 116 Å². The lowest BCUT2D eigenvalue weighted by atomic mass is 10.2. The molecule has 1 N–H and O–H groups in total. The minimum atomic E-state index is -0.625. The Hall–Kier alpha value is -2.55. The van der Waals surface area contributed by atoms with Gasteiger partial charge in [0.05, 0.1) is 17.5 Å². The highest BCUT2D eigenvalue weighted by Gasteiger charge is 2.22. The monoisotopic (exact) mass is 350 g/mol. The van der Waals surface area contributed by atoms with Gasteiger partial charge >= 0.3 is 0 Å². The number of rotatable bonds is 5. The number of carbonyl (C=O) groups is 1. The molecule has 1 aromatic carbocycles. The van der Waals surface area contributed by atoms with Gasteiger partial charge in [-0.1, -0.05) is 24.4 Å². The summed E-state index contributed by atoms with van der Waals surface area (Å²) < 4.78 is 1.75. The second kappa shape index (κ2) is 6.91. The van der Waals surface area contributed by atoms with Gasteiger partial charge in [0.25, 0.3) is 11.6 Å². The van der Waals surface area contributed by atoms with E-state index in [4.69, 9.17) is 11.6 Å². The quantitative estimate of drug-likeness (QED) is 0.653. The molecule has 1 aliphatic rings. The molecule has 0 saturated heterocycles. The number of carbonyl (C=O) groups excluding carboxylic acids is 1. The number of nitro groups is 1. The van der Waals surface area contributed by atoms with Gasteiger partial charge in [0.15, 0.2) is 5.82 Å². The average Bonchev–Trinajstić information content (AvgIpc) is 3.23. The maximum absolute atomic E-state index is 12.2. The summed E-state index contributed by atoms with van der Waals surface area (Å²) >= 11 is 5.74. The normalized spacial score (nSPS) is 14.7. The zero-order valence-electron chi connectivity index (χ0n) is 12.7. The van der Waals surface area contributed by atoms with Crippen LogP contribution in [0.1, 0.15) is 47.9 Å². The molecule has 0 bridgehead atoms. The predicted molar refractivity (Wildman–Crippen MR) is 84.6 cm³/mol. The van der Waals surface area contributed by atoms with Crippen molar-refractivity contribution in [2.24, 2.45) is 0 Å². The largest absolute Gasteiger partial charge is 0.345 e. The zero-order valence-corrected chi connectivity index (χ0v) is 13.4. The number of nitrogens with one attached hydrogen (secondary N) is 1. The number of nitro benzene ring substituents is 1. The van der Waals surface area contributed by atoms with Gasteiger partial charge in [0.2, 0.25) is 0 Å². The molecule has 1 fully saturated rings. The number of nitrogens with zero attached hydrogens (tertiary/aromatic N) is 5. The molecule has 0 unspecified atom stereocenters. The van der Waals surface area contributed by atoms with Gasteiger partial charge in [-0.25, -0.2) is 4.68 Å². The Labute approximate surface area is 142 Å². The smallest absolute Gasteiger partial charge is 0.288 e. The van der Waals surface area contributed by atoms with Crippen LogP contribution in [0.15, 0.2) is 18.2 Å². The maximum Gasteiger partial charge on any atom is 0.288 e. The molecule has 10 heteroatoms. The number of aromatic nitrogens is 4. The third-order valence-corrected chi connectivity index (χ3v) is 4.36. The summed E-state index contributed by atoms with van der Waals surface area (Å²) in [6.45, 7) is 0.152. The fourth-order valence-electron chi connectivity index (χ4n) is 2.82. The highest BCUT2D eigenvalue weighted by molar-refractivity contribution is 6.32. The van der Waals surface area contributed by atoms with Crippen LogP contribution in [-0.4, -0.2) is 31.0 Å². The van der Waals surface area contributed by atoms with Crippen LogP contribution in [0.3, 0.4) is 0 Å². The number of benzene rings is 1. The van der Waals surface area contributed by atoms with Crippen LogP contribution in [0.4, 0.5) is 5.69 Å². The van der Waals surface area contributed by atoms with E-state index in [-0.39, 0.29) is 28.9 Å². The first kappa shape index (κ1) is 16.3. The van der Waals surface area contributed by atoms with Crippen LogP contribution >= 0.6 is 11.6 Å². The summed E-state index contributed by atoms with van der Waals surface area (Å²) in [7, 11) is 0. The Morgan fingerprint density at radius 2 is 2.17 bits per heavy atom. The van der Waals surface area contributed by atoms with Gasteiger partial charge in [-0.3, -0.25) is 14.9 Å². The number of amides is 1. The van der Waals surface area contributed by atoms with Crippen LogP contribution in [0.25, 0.3) is 0 Å². The standard InChI is InChI=1S/C14H15ClN6O3/c15-11-6-5-9(7-12(11)21(23)24)14(22)16-8-13-17-18-19-20(13)10-3-1-2-4-10/h5-7,10H,1-4,8H2,(H,16,22). The third kappa shape index (κ3) is 3.35. The molecule has 0 spiro atoms. The maximum atomic E-state index is 12.2. The van der Waals surface area contributed by atoms with Crippen molar-refractivity contribution in [1.29, 1.82) is 0 Å². The first-order valence-corrected chi connectivity index (χ1v) is 7.93. The Balaban J connectivity index is 1.69. The van der Waals surface area contributed by atoms with Crippen LogP contribution in [0.5, 0.6) is 0 Å². The van der Waals surface area contributed by atoms with Gasteiger partial charge in [0.1, 0.15) is 5.02 Å². The van der Waals surface area contributed by atoms with Crippen molar-refractivity contribution in [1.82, 2.24) is 25.5 Å². The lowest BCUT2D eigenvalue weighted by Gasteiger charge is -2.11. The molecule has 1 aliphatic carbocycles. The minimum Gasteiger partial charge on any atom is -0.345 e. The van der Waals surface area contributed by atoms with Crippen molar-refractivity contribution in [3.63, 3.8) is 0 Å². The second-order valence-corrected chi connectivity index (χ2v) is 5.99. The molecular formula is C14H15ClN6O3. The van der Waals surface area contributed by atoms with Crippen LogP contribution < -0.4 is 5.32 Å². The number of hydrogen-bond donors (Lipinski definition) is 1. The van der Waals surface area contributed by atoms with E-state index in [0.29, 0.717) is 5.82 Å². The highest BCUT2D eigenvalue weighted by Crippen LogP contribution is 2.29. The van der Waals surface area contributed by atoms with Crippen molar-refractivity contribution in [3.05, 3.63) is 44.7 Å². The van der Waals surface area contributed by atoms with E-state index in [1.165, 1.54) is 12.1 Å². The van der Waals surface area contributed by atoms with E-state index in [9.17, 15) is 14.9 Å². The predicted octanol–water partition coefficient (Wildman–Crippen LogP) is 2.28. The molecule has 9 nitrogen and oxygen atoms in total. The molecule has 1 amide bonds. The molecule has 3 rings (SSSR count).